The fourth-order valence-electron chi connectivity index (χ4n) is 5.36. The Labute approximate surface area is 216 Å². The summed E-state index contributed by atoms with van der Waals surface area (Å²) in [6, 6.07) is 9.30. The highest BCUT2D eigenvalue weighted by molar-refractivity contribution is 5.27. The van der Waals surface area contributed by atoms with Crippen LogP contribution in [0, 0.1) is 0 Å². The lowest BCUT2D eigenvalue weighted by atomic mass is 9.96. The topological polar surface area (TPSA) is 0 Å². The van der Waals surface area contributed by atoms with Gasteiger partial charge in [0.25, 0.3) is 0 Å². The standard InChI is InChI=1S/C34H62/c1-3-5-7-9-11-13-15-17-19-21-23-25-29-33-31-27-28-32-34(33)30-26-24-22-20-18-16-14-12-10-8-6-4-2/h27-28,31-32H,3-26,29-30H2,1-2H3. The van der Waals surface area contributed by atoms with E-state index >= 15 is 0 Å². The Kier molecular flexibility index (Phi) is 23.3. The van der Waals surface area contributed by atoms with Crippen LogP contribution in [0.4, 0.5) is 0 Å². The fraction of sp³-hybridized carbons (Fsp3) is 0.824. The summed E-state index contributed by atoms with van der Waals surface area (Å²) in [5.74, 6) is 0. The lowest BCUT2D eigenvalue weighted by molar-refractivity contribution is 0.542. The summed E-state index contributed by atoms with van der Waals surface area (Å²) in [6.07, 6.45) is 37.2. The maximum atomic E-state index is 2.40. The first-order valence-corrected chi connectivity index (χ1v) is 15.9. The molecule has 0 heterocycles. The van der Waals surface area contributed by atoms with Crippen molar-refractivity contribution < 1.29 is 0 Å². The van der Waals surface area contributed by atoms with E-state index in [1.165, 1.54) is 167 Å². The Morgan fingerprint density at radius 3 is 0.824 bits per heavy atom. The summed E-state index contributed by atoms with van der Waals surface area (Å²) < 4.78 is 0. The Bertz CT molecular complexity index is 470. The molecule has 0 aliphatic carbocycles. The average Bonchev–Trinajstić information content (AvgIpc) is 2.86. The van der Waals surface area contributed by atoms with Gasteiger partial charge >= 0.3 is 0 Å². The first-order chi connectivity index (χ1) is 16.9. The molecule has 0 fully saturated rings. The van der Waals surface area contributed by atoms with Gasteiger partial charge in [0.15, 0.2) is 0 Å². The molecule has 0 saturated carbocycles. The summed E-state index contributed by atoms with van der Waals surface area (Å²) in [6.45, 7) is 4.61. The second kappa shape index (κ2) is 25.3. The smallest absolute Gasteiger partial charge is 0.0276 e. The number of unbranched alkanes of at least 4 members (excludes halogenated alkanes) is 22. The first kappa shape index (κ1) is 31.3. The molecule has 0 bridgehead atoms. The van der Waals surface area contributed by atoms with E-state index in [1.807, 2.05) is 0 Å². The number of rotatable bonds is 26. The van der Waals surface area contributed by atoms with Crippen molar-refractivity contribution in [1.29, 1.82) is 0 Å². The van der Waals surface area contributed by atoms with Crippen LogP contribution in [0.1, 0.15) is 179 Å². The van der Waals surface area contributed by atoms with Crippen LogP contribution in [0.2, 0.25) is 0 Å². The van der Waals surface area contributed by atoms with Crippen LogP contribution < -0.4 is 0 Å². The molecule has 0 amide bonds. The molecule has 0 N–H and O–H groups in total. The lowest BCUT2D eigenvalue weighted by Crippen LogP contribution is -1.95. The highest BCUT2D eigenvalue weighted by Gasteiger charge is 2.02. The van der Waals surface area contributed by atoms with Gasteiger partial charge in [-0.1, -0.05) is 179 Å². The van der Waals surface area contributed by atoms with Crippen molar-refractivity contribution in [2.24, 2.45) is 0 Å². The normalized spacial score (nSPS) is 11.4. The average molecular weight is 471 g/mol. The van der Waals surface area contributed by atoms with E-state index in [0.717, 1.165) is 0 Å². The molecular formula is C34H62. The third kappa shape index (κ3) is 19.5. The molecule has 1 rings (SSSR count). The minimum absolute atomic E-state index is 1.30. The van der Waals surface area contributed by atoms with Gasteiger partial charge in [0.2, 0.25) is 0 Å². The summed E-state index contributed by atoms with van der Waals surface area (Å²) in [7, 11) is 0. The van der Waals surface area contributed by atoms with Crippen LogP contribution >= 0.6 is 0 Å². The highest BCUT2D eigenvalue weighted by Crippen LogP contribution is 2.18. The van der Waals surface area contributed by atoms with Gasteiger partial charge in [-0.15, -0.1) is 0 Å². The molecule has 0 nitrogen and oxygen atoms in total. The summed E-state index contributed by atoms with van der Waals surface area (Å²) in [4.78, 5) is 0. The molecule has 0 aromatic heterocycles. The summed E-state index contributed by atoms with van der Waals surface area (Å²) in [5, 5.41) is 0. The Morgan fingerprint density at radius 2 is 0.559 bits per heavy atom. The molecule has 1 aromatic rings. The third-order valence-electron chi connectivity index (χ3n) is 7.72. The van der Waals surface area contributed by atoms with Crippen molar-refractivity contribution >= 4 is 0 Å². The first-order valence-electron chi connectivity index (χ1n) is 15.9. The zero-order chi connectivity index (χ0) is 24.4. The third-order valence-corrected chi connectivity index (χ3v) is 7.72. The predicted octanol–water partition coefficient (Wildman–Crippen LogP) is 12.2. The van der Waals surface area contributed by atoms with Crippen molar-refractivity contribution in [3.63, 3.8) is 0 Å². The molecule has 1 aromatic carbocycles. The molecule has 0 heteroatoms. The van der Waals surface area contributed by atoms with Crippen LogP contribution in [-0.4, -0.2) is 0 Å². The molecular weight excluding hydrogens is 408 g/mol. The van der Waals surface area contributed by atoms with E-state index in [2.05, 4.69) is 38.1 Å². The van der Waals surface area contributed by atoms with Crippen molar-refractivity contribution in [3.8, 4) is 0 Å². The highest BCUT2D eigenvalue weighted by atomic mass is 14.1. The number of hydrogen-bond acceptors (Lipinski definition) is 0. The number of hydrogen-bond donors (Lipinski definition) is 0. The SMILES string of the molecule is CCCCCCCCCCCCCCc1ccccc1CCCCCCCCCCCCCC. The molecule has 0 spiro atoms. The minimum atomic E-state index is 1.30. The van der Waals surface area contributed by atoms with Crippen LogP contribution in [0.3, 0.4) is 0 Å². The molecule has 0 aliphatic heterocycles. The second-order valence-corrected chi connectivity index (χ2v) is 11.0. The Balaban J connectivity index is 1.96. The Morgan fingerprint density at radius 1 is 0.324 bits per heavy atom. The van der Waals surface area contributed by atoms with Gasteiger partial charge in [-0.3, -0.25) is 0 Å². The van der Waals surface area contributed by atoms with Gasteiger partial charge in [-0.05, 0) is 36.8 Å². The van der Waals surface area contributed by atoms with Crippen molar-refractivity contribution in [1.82, 2.24) is 0 Å². The van der Waals surface area contributed by atoms with Gasteiger partial charge < -0.3 is 0 Å². The van der Waals surface area contributed by atoms with E-state index < -0.39 is 0 Å². The summed E-state index contributed by atoms with van der Waals surface area (Å²) >= 11 is 0. The monoisotopic (exact) mass is 470 g/mol. The molecule has 0 radical (unpaired) electrons. The van der Waals surface area contributed by atoms with E-state index in [-0.39, 0.29) is 0 Å². The van der Waals surface area contributed by atoms with Crippen LogP contribution in [0.15, 0.2) is 24.3 Å². The van der Waals surface area contributed by atoms with Crippen LogP contribution in [0.25, 0.3) is 0 Å². The van der Waals surface area contributed by atoms with Gasteiger partial charge in [-0.2, -0.15) is 0 Å². The molecule has 0 atom stereocenters. The zero-order valence-corrected chi connectivity index (χ0v) is 23.7. The fourth-order valence-corrected chi connectivity index (χ4v) is 5.36. The maximum Gasteiger partial charge on any atom is -0.0276 e. The lowest BCUT2D eigenvalue weighted by Gasteiger charge is -2.10. The van der Waals surface area contributed by atoms with Crippen molar-refractivity contribution in [2.45, 2.75) is 181 Å². The van der Waals surface area contributed by atoms with Gasteiger partial charge in [-0.25, -0.2) is 0 Å². The largest absolute Gasteiger partial charge is 0.0654 e. The van der Waals surface area contributed by atoms with Gasteiger partial charge in [0.05, 0.1) is 0 Å². The summed E-state index contributed by atoms with van der Waals surface area (Å²) in [5.41, 5.74) is 3.27. The molecule has 198 valence electrons. The van der Waals surface area contributed by atoms with Crippen LogP contribution in [-0.2, 0) is 12.8 Å². The van der Waals surface area contributed by atoms with Gasteiger partial charge in [0, 0.05) is 0 Å². The molecule has 0 saturated heterocycles. The number of aryl methyl sites for hydroxylation is 2. The molecule has 0 unspecified atom stereocenters. The Hall–Kier alpha value is -0.780. The van der Waals surface area contributed by atoms with Crippen molar-refractivity contribution in [3.05, 3.63) is 35.4 Å². The predicted molar refractivity (Wildman–Crippen MR) is 156 cm³/mol. The zero-order valence-electron chi connectivity index (χ0n) is 23.7. The van der Waals surface area contributed by atoms with E-state index in [4.69, 9.17) is 0 Å². The maximum absolute atomic E-state index is 2.40. The number of benzene rings is 1. The second-order valence-electron chi connectivity index (χ2n) is 11.0. The quantitative estimate of drug-likeness (QED) is 0.118. The van der Waals surface area contributed by atoms with E-state index in [9.17, 15) is 0 Å². The molecule has 34 heavy (non-hydrogen) atoms. The van der Waals surface area contributed by atoms with Gasteiger partial charge in [0.1, 0.15) is 0 Å². The van der Waals surface area contributed by atoms with Crippen LogP contribution in [0.5, 0.6) is 0 Å². The minimum Gasteiger partial charge on any atom is -0.0654 e. The van der Waals surface area contributed by atoms with Crippen molar-refractivity contribution in [2.75, 3.05) is 0 Å². The van der Waals surface area contributed by atoms with E-state index in [0.29, 0.717) is 0 Å². The van der Waals surface area contributed by atoms with E-state index in [1.54, 1.807) is 11.1 Å². The molecule has 0 aliphatic rings.